The number of rotatable bonds is 6. The van der Waals surface area contributed by atoms with Crippen LogP contribution in [0.15, 0.2) is 10.7 Å². The number of aromatic nitrogens is 1. The van der Waals surface area contributed by atoms with Gasteiger partial charge in [-0.1, -0.05) is 27.7 Å². The third-order valence-electron chi connectivity index (χ3n) is 3.16. The summed E-state index contributed by atoms with van der Waals surface area (Å²) in [7, 11) is 0. The van der Waals surface area contributed by atoms with Crippen LogP contribution in [0.2, 0.25) is 0 Å². The van der Waals surface area contributed by atoms with Gasteiger partial charge in [0.15, 0.2) is 5.69 Å². The molecule has 3 N–H and O–H groups in total. The van der Waals surface area contributed by atoms with Crippen LogP contribution in [0.4, 0.5) is 0 Å². The van der Waals surface area contributed by atoms with Gasteiger partial charge in [-0.2, -0.15) is 0 Å². The summed E-state index contributed by atoms with van der Waals surface area (Å²) in [6, 6.07) is -0.166. The first-order valence-corrected chi connectivity index (χ1v) is 6.83. The van der Waals surface area contributed by atoms with Gasteiger partial charge in [-0.05, 0) is 25.2 Å². The number of nitrogens with one attached hydrogen (secondary N) is 1. The first-order chi connectivity index (χ1) is 8.81. The Bertz CT molecular complexity index is 413. The van der Waals surface area contributed by atoms with Gasteiger partial charge in [0, 0.05) is 6.04 Å². The molecule has 0 saturated heterocycles. The van der Waals surface area contributed by atoms with Gasteiger partial charge in [-0.15, -0.1) is 0 Å². The Kier molecular flexibility index (Phi) is 5.54. The topological polar surface area (TPSA) is 81.1 Å². The lowest BCUT2D eigenvalue weighted by atomic mass is 10.0. The zero-order valence-electron chi connectivity index (χ0n) is 12.4. The molecule has 1 amide bonds. The number of hydrogen-bond donors (Lipinski definition) is 2. The van der Waals surface area contributed by atoms with Crippen LogP contribution in [0.5, 0.6) is 0 Å². The Labute approximate surface area is 115 Å². The number of nitrogens with zero attached hydrogens (tertiary/aromatic N) is 1. The summed E-state index contributed by atoms with van der Waals surface area (Å²) in [6.45, 7) is 10.2. The molecule has 19 heavy (non-hydrogen) atoms. The van der Waals surface area contributed by atoms with Gasteiger partial charge in [-0.3, -0.25) is 4.79 Å². The lowest BCUT2D eigenvalue weighted by molar-refractivity contribution is 0.0925. The zero-order valence-corrected chi connectivity index (χ0v) is 12.4. The van der Waals surface area contributed by atoms with Crippen LogP contribution in [-0.2, 0) is 0 Å². The maximum atomic E-state index is 11.9. The summed E-state index contributed by atoms with van der Waals surface area (Å²) in [5, 5.41) is 2.89. The molecule has 0 saturated carbocycles. The molecule has 1 aromatic heterocycles. The quantitative estimate of drug-likeness (QED) is 0.829. The van der Waals surface area contributed by atoms with E-state index in [1.807, 2.05) is 6.92 Å². The van der Waals surface area contributed by atoms with E-state index in [1.54, 1.807) is 0 Å². The molecule has 5 heteroatoms. The van der Waals surface area contributed by atoms with Gasteiger partial charge in [0.25, 0.3) is 5.91 Å². The van der Waals surface area contributed by atoms with E-state index >= 15 is 0 Å². The SMILES string of the molecule is CC(C)CC(N)c1nc(C(=O)NC(C)C(C)C)co1. The van der Waals surface area contributed by atoms with Crippen LogP contribution < -0.4 is 11.1 Å². The Morgan fingerprint density at radius 3 is 2.53 bits per heavy atom. The third kappa shape index (κ3) is 4.67. The lowest BCUT2D eigenvalue weighted by Gasteiger charge is -2.16. The standard InChI is InChI=1S/C14H25N3O2/c1-8(2)6-11(15)14-17-12(7-19-14)13(18)16-10(5)9(3)4/h7-11H,6,15H2,1-5H3,(H,16,18). The zero-order chi connectivity index (χ0) is 14.6. The minimum atomic E-state index is -0.260. The molecule has 0 bridgehead atoms. The van der Waals surface area contributed by atoms with Crippen molar-refractivity contribution in [2.75, 3.05) is 0 Å². The summed E-state index contributed by atoms with van der Waals surface area (Å²) in [6.07, 6.45) is 2.15. The van der Waals surface area contributed by atoms with Crippen molar-refractivity contribution in [2.45, 2.75) is 53.1 Å². The fourth-order valence-corrected chi connectivity index (χ4v) is 1.62. The third-order valence-corrected chi connectivity index (χ3v) is 3.16. The van der Waals surface area contributed by atoms with E-state index in [0.717, 1.165) is 6.42 Å². The number of carbonyl (C=O) groups is 1. The Morgan fingerprint density at radius 2 is 2.00 bits per heavy atom. The minimum Gasteiger partial charge on any atom is -0.446 e. The van der Waals surface area contributed by atoms with E-state index in [1.165, 1.54) is 6.26 Å². The van der Waals surface area contributed by atoms with Gasteiger partial charge in [0.2, 0.25) is 5.89 Å². The summed E-state index contributed by atoms with van der Waals surface area (Å²) < 4.78 is 5.29. The second-order valence-corrected chi connectivity index (χ2v) is 5.81. The molecule has 0 aliphatic heterocycles. The van der Waals surface area contributed by atoms with Gasteiger partial charge in [0.1, 0.15) is 6.26 Å². The van der Waals surface area contributed by atoms with Gasteiger partial charge >= 0.3 is 0 Å². The predicted molar refractivity (Wildman–Crippen MR) is 74.7 cm³/mol. The van der Waals surface area contributed by atoms with Gasteiger partial charge < -0.3 is 15.5 Å². The van der Waals surface area contributed by atoms with Crippen molar-refractivity contribution in [1.29, 1.82) is 0 Å². The molecule has 0 fully saturated rings. The highest BCUT2D eigenvalue weighted by molar-refractivity contribution is 5.92. The summed E-state index contributed by atoms with van der Waals surface area (Å²) in [5.74, 6) is 1.04. The first kappa shape index (κ1) is 15.7. The number of oxazole rings is 1. The van der Waals surface area contributed by atoms with E-state index in [0.29, 0.717) is 23.4 Å². The van der Waals surface area contributed by atoms with Crippen LogP contribution in [0, 0.1) is 11.8 Å². The number of hydrogen-bond acceptors (Lipinski definition) is 4. The van der Waals surface area contributed by atoms with Crippen LogP contribution in [0.25, 0.3) is 0 Å². The molecular formula is C14H25N3O2. The van der Waals surface area contributed by atoms with E-state index in [9.17, 15) is 4.79 Å². The highest BCUT2D eigenvalue weighted by atomic mass is 16.3. The molecule has 1 aromatic rings. The van der Waals surface area contributed by atoms with Crippen molar-refractivity contribution in [2.24, 2.45) is 17.6 Å². The van der Waals surface area contributed by atoms with Gasteiger partial charge in [-0.25, -0.2) is 4.98 Å². The van der Waals surface area contributed by atoms with Crippen molar-refractivity contribution < 1.29 is 9.21 Å². The normalized spacial score (nSPS) is 14.7. The van der Waals surface area contributed by atoms with E-state index < -0.39 is 0 Å². The summed E-state index contributed by atoms with van der Waals surface area (Å²) >= 11 is 0. The molecule has 5 nitrogen and oxygen atoms in total. The smallest absolute Gasteiger partial charge is 0.273 e. The molecule has 2 atom stereocenters. The molecule has 2 unspecified atom stereocenters. The number of amides is 1. The van der Waals surface area contributed by atoms with E-state index in [4.69, 9.17) is 10.2 Å². The molecule has 1 heterocycles. The van der Waals surface area contributed by atoms with Crippen molar-refractivity contribution in [1.82, 2.24) is 10.3 Å². The number of carbonyl (C=O) groups excluding carboxylic acids is 1. The van der Waals surface area contributed by atoms with Crippen molar-refractivity contribution in [3.8, 4) is 0 Å². The molecule has 0 spiro atoms. The Balaban J connectivity index is 2.66. The van der Waals surface area contributed by atoms with Crippen LogP contribution in [0.1, 0.15) is 63.5 Å². The molecule has 1 rings (SSSR count). The molecular weight excluding hydrogens is 242 g/mol. The molecule has 0 aliphatic rings. The average Bonchev–Trinajstić information content (AvgIpc) is 2.76. The second kappa shape index (κ2) is 6.70. The largest absolute Gasteiger partial charge is 0.446 e. The lowest BCUT2D eigenvalue weighted by Crippen LogP contribution is -2.36. The van der Waals surface area contributed by atoms with Crippen LogP contribution >= 0.6 is 0 Å². The maximum Gasteiger partial charge on any atom is 0.273 e. The fourth-order valence-electron chi connectivity index (χ4n) is 1.62. The predicted octanol–water partition coefficient (Wildman–Crippen LogP) is 2.49. The first-order valence-electron chi connectivity index (χ1n) is 6.83. The molecule has 0 aromatic carbocycles. The summed E-state index contributed by atoms with van der Waals surface area (Å²) in [4.78, 5) is 16.1. The van der Waals surface area contributed by atoms with Crippen molar-refractivity contribution in [3.63, 3.8) is 0 Å². The second-order valence-electron chi connectivity index (χ2n) is 5.81. The molecule has 0 aliphatic carbocycles. The maximum absolute atomic E-state index is 11.9. The minimum absolute atomic E-state index is 0.0944. The average molecular weight is 267 g/mol. The Morgan fingerprint density at radius 1 is 1.37 bits per heavy atom. The Hall–Kier alpha value is -1.36. The fraction of sp³-hybridized carbons (Fsp3) is 0.714. The monoisotopic (exact) mass is 267 g/mol. The van der Waals surface area contributed by atoms with Crippen LogP contribution in [0.3, 0.4) is 0 Å². The highest BCUT2D eigenvalue weighted by Crippen LogP contribution is 2.18. The molecule has 0 radical (unpaired) electrons. The van der Waals surface area contributed by atoms with Crippen molar-refractivity contribution in [3.05, 3.63) is 17.8 Å². The van der Waals surface area contributed by atoms with Gasteiger partial charge in [0.05, 0.1) is 6.04 Å². The van der Waals surface area contributed by atoms with E-state index in [2.05, 4.69) is 38.0 Å². The van der Waals surface area contributed by atoms with Crippen molar-refractivity contribution >= 4 is 5.91 Å². The van der Waals surface area contributed by atoms with Crippen LogP contribution in [-0.4, -0.2) is 16.9 Å². The highest BCUT2D eigenvalue weighted by Gasteiger charge is 2.19. The summed E-state index contributed by atoms with van der Waals surface area (Å²) in [5.41, 5.74) is 6.26. The molecule has 108 valence electrons. The number of nitrogens with two attached hydrogens (primary N) is 1. The van der Waals surface area contributed by atoms with E-state index in [-0.39, 0.29) is 18.0 Å².